The third-order valence-corrected chi connectivity index (χ3v) is 2.10. The number of hydrogen-bond donors (Lipinski definition) is 3. The van der Waals surface area contributed by atoms with Crippen molar-refractivity contribution in [1.29, 1.82) is 0 Å². The second-order valence-corrected chi connectivity index (χ2v) is 3.13. The molecule has 0 radical (unpaired) electrons. The molecule has 1 rings (SSSR count). The largest absolute Gasteiger partial charge is 0.350 e. The lowest BCUT2D eigenvalue weighted by Gasteiger charge is -2.12. The lowest BCUT2D eigenvalue weighted by Crippen LogP contribution is -2.47. The molecule has 0 aromatic heterocycles. The molecular weight excluding hydrogens is 176 g/mol. The molecule has 5 nitrogen and oxygen atoms in total. The van der Waals surface area contributed by atoms with Gasteiger partial charge in [-0.05, 0) is 18.6 Å². The summed E-state index contributed by atoms with van der Waals surface area (Å²) in [6.45, 7) is 0.768. The molecule has 0 bridgehead atoms. The Labute approximate surface area is 76.2 Å². The number of nitrogens with one attached hydrogen (secondary N) is 2. The molecule has 6 heteroatoms. The Hall–Kier alpha value is -0.880. The average Bonchev–Trinajstić information content (AvgIpc) is 2.36. The highest BCUT2D eigenvalue weighted by atomic mass is 32.1. The van der Waals surface area contributed by atoms with Gasteiger partial charge >= 0.3 is 0 Å². The van der Waals surface area contributed by atoms with Crippen LogP contribution >= 0.6 is 12.2 Å². The van der Waals surface area contributed by atoms with Crippen LogP contribution in [0.5, 0.6) is 0 Å². The van der Waals surface area contributed by atoms with Gasteiger partial charge in [0.1, 0.15) is 6.04 Å². The zero-order valence-electron chi connectivity index (χ0n) is 6.83. The zero-order chi connectivity index (χ0) is 9.14. The number of carbonyl (C=O) groups is 1. The van der Waals surface area contributed by atoms with Gasteiger partial charge < -0.3 is 15.6 Å². The molecule has 0 spiro atoms. The molecule has 68 valence electrons. The number of likely N-dealkylation sites (tertiary alicyclic amines) is 1. The summed E-state index contributed by atoms with van der Waals surface area (Å²) in [5, 5.41) is 3.12. The third-order valence-electron chi connectivity index (χ3n) is 1.86. The van der Waals surface area contributed by atoms with Crippen LogP contribution in [-0.2, 0) is 4.79 Å². The summed E-state index contributed by atoms with van der Waals surface area (Å²) < 4.78 is 0. The van der Waals surface area contributed by atoms with Gasteiger partial charge in [-0.15, -0.1) is 0 Å². The predicted molar refractivity (Wildman–Crippen MR) is 49.1 cm³/mol. The summed E-state index contributed by atoms with van der Waals surface area (Å²) >= 11 is 4.77. The van der Waals surface area contributed by atoms with E-state index in [1.54, 1.807) is 11.9 Å². The fraction of sp³-hybridized carbons (Fsp3) is 0.667. The number of thiocarbonyl (C=S) groups is 1. The van der Waals surface area contributed by atoms with Crippen LogP contribution in [0.3, 0.4) is 0 Å². The Morgan fingerprint density at radius 1 is 1.83 bits per heavy atom. The minimum absolute atomic E-state index is 0.0626. The number of rotatable bonds is 1. The minimum Gasteiger partial charge on any atom is -0.350 e. The van der Waals surface area contributed by atoms with Gasteiger partial charge in [0.05, 0.1) is 0 Å². The molecule has 1 unspecified atom stereocenters. The molecule has 1 aliphatic heterocycles. The molecule has 1 aliphatic rings. The van der Waals surface area contributed by atoms with E-state index < -0.39 is 0 Å². The van der Waals surface area contributed by atoms with Gasteiger partial charge in [0, 0.05) is 13.6 Å². The minimum atomic E-state index is -0.210. The van der Waals surface area contributed by atoms with Crippen molar-refractivity contribution in [3.63, 3.8) is 0 Å². The van der Waals surface area contributed by atoms with Gasteiger partial charge in [-0.25, -0.2) is 5.84 Å². The Bertz CT molecular complexity index is 208. The normalized spacial score (nSPS) is 22.7. The van der Waals surface area contributed by atoms with E-state index in [1.165, 1.54) is 0 Å². The summed E-state index contributed by atoms with van der Waals surface area (Å²) in [5.74, 6) is 5.11. The first kappa shape index (κ1) is 9.21. The van der Waals surface area contributed by atoms with Crippen molar-refractivity contribution in [2.45, 2.75) is 12.5 Å². The smallest absolute Gasteiger partial charge is 0.244 e. The van der Waals surface area contributed by atoms with Gasteiger partial charge in [0.25, 0.3) is 0 Å². The number of hydrazine groups is 1. The summed E-state index contributed by atoms with van der Waals surface area (Å²) in [6.07, 6.45) is 0.775. The molecule has 1 heterocycles. The highest BCUT2D eigenvalue weighted by Gasteiger charge is 2.28. The lowest BCUT2D eigenvalue weighted by atomic mass is 10.2. The van der Waals surface area contributed by atoms with E-state index in [0.29, 0.717) is 5.11 Å². The van der Waals surface area contributed by atoms with Crippen molar-refractivity contribution in [1.82, 2.24) is 15.6 Å². The van der Waals surface area contributed by atoms with E-state index >= 15 is 0 Å². The highest BCUT2D eigenvalue weighted by molar-refractivity contribution is 7.80. The van der Waals surface area contributed by atoms with Crippen LogP contribution < -0.4 is 16.6 Å². The molecule has 0 aliphatic carbocycles. The van der Waals surface area contributed by atoms with E-state index in [2.05, 4.69) is 10.7 Å². The fourth-order valence-electron chi connectivity index (χ4n) is 1.16. The maximum absolute atomic E-state index is 11.3. The first-order valence-corrected chi connectivity index (χ1v) is 4.08. The van der Waals surface area contributed by atoms with Crippen LogP contribution in [0.15, 0.2) is 0 Å². The SMILES string of the molecule is CN1CCC(NC(=S)NN)C1=O. The van der Waals surface area contributed by atoms with Gasteiger partial charge in [0.15, 0.2) is 5.11 Å². The van der Waals surface area contributed by atoms with Gasteiger partial charge in [0.2, 0.25) is 5.91 Å². The predicted octanol–water partition coefficient (Wildman–Crippen LogP) is -1.45. The van der Waals surface area contributed by atoms with E-state index in [1.807, 2.05) is 0 Å². The maximum Gasteiger partial charge on any atom is 0.244 e. The molecule has 1 saturated heterocycles. The molecule has 4 N–H and O–H groups in total. The van der Waals surface area contributed by atoms with Gasteiger partial charge in [-0.1, -0.05) is 0 Å². The van der Waals surface area contributed by atoms with Gasteiger partial charge in [-0.2, -0.15) is 0 Å². The second-order valence-electron chi connectivity index (χ2n) is 2.72. The van der Waals surface area contributed by atoms with E-state index in [0.717, 1.165) is 13.0 Å². The highest BCUT2D eigenvalue weighted by Crippen LogP contribution is 2.07. The maximum atomic E-state index is 11.3. The summed E-state index contributed by atoms with van der Waals surface area (Å²) in [5.41, 5.74) is 2.28. The second kappa shape index (κ2) is 3.68. The molecule has 1 fully saturated rings. The Morgan fingerprint density at radius 3 is 2.92 bits per heavy atom. The van der Waals surface area contributed by atoms with Crippen LogP contribution in [0.25, 0.3) is 0 Å². The van der Waals surface area contributed by atoms with E-state index in [9.17, 15) is 4.79 Å². The summed E-state index contributed by atoms with van der Waals surface area (Å²) in [6, 6.07) is -0.210. The molecule has 0 aromatic carbocycles. The summed E-state index contributed by atoms with van der Waals surface area (Å²) in [7, 11) is 1.77. The van der Waals surface area contributed by atoms with Crippen molar-refractivity contribution in [3.8, 4) is 0 Å². The fourth-order valence-corrected chi connectivity index (χ4v) is 1.30. The molecular formula is C6H12N4OS. The van der Waals surface area contributed by atoms with Crippen LogP contribution in [0.4, 0.5) is 0 Å². The van der Waals surface area contributed by atoms with Crippen molar-refractivity contribution in [3.05, 3.63) is 0 Å². The lowest BCUT2D eigenvalue weighted by molar-refractivity contribution is -0.127. The van der Waals surface area contributed by atoms with Gasteiger partial charge in [-0.3, -0.25) is 4.79 Å². The topological polar surface area (TPSA) is 70.4 Å². The number of amides is 1. The average molecular weight is 188 g/mol. The van der Waals surface area contributed by atoms with E-state index in [-0.39, 0.29) is 11.9 Å². The van der Waals surface area contributed by atoms with Crippen LogP contribution in [0.1, 0.15) is 6.42 Å². The summed E-state index contributed by atoms with van der Waals surface area (Å²) in [4.78, 5) is 13.0. The standard InChI is InChI=1S/C6H12N4OS/c1-10-3-2-4(5(10)11)8-6(12)9-7/h4H,2-3,7H2,1H3,(H2,8,9,12). The Balaban J connectivity index is 2.44. The molecule has 0 aromatic rings. The quantitative estimate of drug-likeness (QED) is 0.267. The van der Waals surface area contributed by atoms with Crippen LogP contribution in [-0.4, -0.2) is 35.6 Å². The number of nitrogens with zero attached hydrogens (tertiary/aromatic N) is 1. The van der Waals surface area contributed by atoms with Crippen LogP contribution in [0.2, 0.25) is 0 Å². The van der Waals surface area contributed by atoms with E-state index in [4.69, 9.17) is 18.1 Å². The molecule has 1 atom stereocenters. The number of nitrogens with two attached hydrogens (primary N) is 1. The number of hydrogen-bond acceptors (Lipinski definition) is 3. The number of carbonyl (C=O) groups excluding carboxylic acids is 1. The first-order valence-electron chi connectivity index (χ1n) is 3.67. The Kier molecular flexibility index (Phi) is 2.83. The number of likely N-dealkylation sites (N-methyl/N-ethyl adjacent to an activating group) is 1. The van der Waals surface area contributed by atoms with Crippen LogP contribution in [0, 0.1) is 0 Å². The Morgan fingerprint density at radius 2 is 2.50 bits per heavy atom. The third kappa shape index (κ3) is 1.83. The molecule has 0 saturated carbocycles. The first-order chi connectivity index (χ1) is 5.65. The van der Waals surface area contributed by atoms with Crippen molar-refractivity contribution >= 4 is 23.2 Å². The molecule has 12 heavy (non-hydrogen) atoms. The van der Waals surface area contributed by atoms with Crippen molar-refractivity contribution in [2.24, 2.45) is 5.84 Å². The monoisotopic (exact) mass is 188 g/mol. The van der Waals surface area contributed by atoms with Crippen molar-refractivity contribution < 1.29 is 4.79 Å². The zero-order valence-corrected chi connectivity index (χ0v) is 7.65. The van der Waals surface area contributed by atoms with Crippen molar-refractivity contribution in [2.75, 3.05) is 13.6 Å². The molecule has 1 amide bonds.